The molecule has 6 aromatic carbocycles. The van der Waals surface area contributed by atoms with Gasteiger partial charge in [-0.05, 0) is 248 Å². The molecule has 756 valence electrons. The van der Waals surface area contributed by atoms with Crippen LogP contribution in [0.3, 0.4) is 0 Å². The molecule has 0 aromatic heterocycles. The van der Waals surface area contributed by atoms with Crippen molar-refractivity contribution in [2.75, 3.05) is 48.7 Å². The predicted octanol–water partition coefficient (Wildman–Crippen LogP) is 26.0. The molecule has 12 N–H and O–H groups in total. The maximum atomic E-state index is 13.0. The van der Waals surface area contributed by atoms with Crippen LogP contribution in [0.25, 0.3) is 0 Å². The van der Waals surface area contributed by atoms with E-state index >= 15 is 0 Å². The van der Waals surface area contributed by atoms with E-state index in [0.29, 0.717) is 97.0 Å². The van der Waals surface area contributed by atoms with Crippen LogP contribution >= 0.6 is 94.2 Å². The fourth-order valence-electron chi connectivity index (χ4n) is 16.4. The highest BCUT2D eigenvalue weighted by Crippen LogP contribution is 2.40. The highest BCUT2D eigenvalue weighted by molar-refractivity contribution is 7.78. The zero-order valence-corrected chi connectivity index (χ0v) is 87.2. The summed E-state index contributed by atoms with van der Waals surface area (Å²) in [6.45, 7) is 22.8. The van der Waals surface area contributed by atoms with Crippen molar-refractivity contribution in [3.05, 3.63) is 174 Å². The van der Waals surface area contributed by atoms with E-state index in [-0.39, 0.29) is 80.4 Å². The van der Waals surface area contributed by atoms with Gasteiger partial charge in [0, 0.05) is 36.7 Å². The summed E-state index contributed by atoms with van der Waals surface area (Å²) in [6.07, 6.45) is 24.8. The SMILES string of the molecule is CC(C)(C)OC(=O)NCC(O)C1CCCCC1.CC(C)(C)OC(=O)NCC(OC(=O)Cc1ccccc1Nc1c(Cl)cccc1Cl)C1CCCCC1.CC(C)(C)OC(=O)OC(=O)OC(C)(C)C.Cl.NCC(O)C1CCCCC1.NCC(OC(=O)Cc1ccccc1Nc1c(Cl)cccc1Cl)C1CCCCC1.O=C(Cc1ccccc1Nc1c(Cl)cccc1Cl)OC(CNC=S)C1CCCCC1. The molecule has 0 spiro atoms. The summed E-state index contributed by atoms with van der Waals surface area (Å²) in [4.78, 5) is 84.1. The Labute approximate surface area is 847 Å². The van der Waals surface area contributed by atoms with Gasteiger partial charge in [0.15, 0.2) is 0 Å². The molecule has 5 aliphatic rings. The Balaban J connectivity index is 0.000000300. The Bertz CT molecular complexity index is 4530. The Morgan fingerprint density at radius 3 is 0.912 bits per heavy atom. The molecule has 5 saturated carbocycles. The number of hydrogen-bond donors (Lipinski definition) is 10. The molecule has 2 amide bonds. The van der Waals surface area contributed by atoms with Crippen molar-refractivity contribution in [1.29, 1.82) is 0 Å². The van der Waals surface area contributed by atoms with E-state index in [2.05, 4.69) is 36.6 Å². The number of rotatable bonds is 29. The third-order valence-electron chi connectivity index (χ3n) is 23.0. The largest absolute Gasteiger partial charge is 0.519 e. The van der Waals surface area contributed by atoms with E-state index < -0.39 is 59.1 Å². The molecule has 6 aromatic rings. The van der Waals surface area contributed by atoms with Gasteiger partial charge in [-0.2, -0.15) is 0 Å². The molecule has 0 radical (unpaired) electrons. The van der Waals surface area contributed by atoms with E-state index in [0.717, 1.165) is 98.0 Å². The van der Waals surface area contributed by atoms with Gasteiger partial charge in [0.1, 0.15) is 40.7 Å². The Morgan fingerprint density at radius 1 is 0.360 bits per heavy atom. The second kappa shape index (κ2) is 61.7. The standard InChI is InChI=1S/C27H34Cl2N2O4.C23H26Cl2N2O2S.C22H26Cl2N2O2.C13H25NO3.C10H18O5.C8H17NO.ClH/c1-27(2,3)35-26(33)30-17-23(18-10-5-4-6-11-18)34-24(32)16-19-12-7-8-15-22(19)31-25-20(28)13-9-14-21(25)29;24-18-10-6-11-19(25)23(18)27-20-12-5-4-9-17(20)13-22(28)29-21(14-26-15-30)16-7-2-1-3-8-16;23-17-10-6-11-18(24)22(17)26-19-12-5-4-9-16(19)13-21(27)28-20(14-25)15-7-2-1-3-8-15;1-13(2,3)17-12(16)14-9-11(15)10-7-5-4-6-8-10;1-9(2,3)14-7(11)13-8(12)15-10(4,5)6;9-6-8(10)7-4-2-1-3-5-7;/h7-9,12-15,18,23,31H,4-6,10-11,16-17H2,1-3H3,(H,30,33);4-6,9-12,15-16,21,27H,1-3,7-8,13-14H2,(H,26,30);4-6,9-12,15,20,26H,1-3,7-8,13-14,25H2;10-11,15H,4-9H2,1-3H3,(H,14,16);1-6H3;7-8,10H,1-6,9H2;1H. The molecule has 0 bridgehead atoms. The summed E-state index contributed by atoms with van der Waals surface area (Å²) >= 11 is 42.6. The van der Waals surface area contributed by atoms with E-state index in [4.69, 9.17) is 126 Å². The normalized spacial score (nSPS) is 16.1. The molecule has 136 heavy (non-hydrogen) atoms. The number of esters is 3. The second-order valence-corrected chi connectivity index (χ2v) is 41.3. The first-order valence-electron chi connectivity index (χ1n) is 47.5. The molecule has 0 aliphatic heterocycles. The van der Waals surface area contributed by atoms with Gasteiger partial charge in [-0.15, -0.1) is 12.4 Å². The Kier molecular flexibility index (Phi) is 53.8. The number of nitrogens with one attached hydrogen (secondary N) is 6. The minimum atomic E-state index is -1.06. The van der Waals surface area contributed by atoms with Gasteiger partial charge < -0.3 is 91.5 Å². The van der Waals surface area contributed by atoms with Crippen LogP contribution in [0.5, 0.6) is 0 Å². The summed E-state index contributed by atoms with van der Waals surface area (Å²) in [6, 6.07) is 38.6. The lowest BCUT2D eigenvalue weighted by molar-refractivity contribution is -0.152. The molecule has 5 atom stereocenters. The predicted molar refractivity (Wildman–Crippen MR) is 553 cm³/mol. The zero-order valence-electron chi connectivity index (χ0n) is 81.1. The van der Waals surface area contributed by atoms with Gasteiger partial charge in [0.05, 0.1) is 97.2 Å². The van der Waals surface area contributed by atoms with E-state index in [1.165, 1.54) is 102 Å². The van der Waals surface area contributed by atoms with E-state index in [9.17, 15) is 43.8 Å². The van der Waals surface area contributed by atoms with Gasteiger partial charge in [0.2, 0.25) is 0 Å². The highest BCUT2D eigenvalue weighted by Gasteiger charge is 2.33. The minimum Gasteiger partial charge on any atom is -0.460 e. The lowest BCUT2D eigenvalue weighted by Crippen LogP contribution is -2.42. The number of halogens is 7. The number of aliphatic hydroxyl groups excluding tert-OH is 2. The number of ether oxygens (including phenoxy) is 8. The molecule has 5 unspecified atom stereocenters. The number of anilines is 6. The third-order valence-corrected chi connectivity index (χ3v) is 25.1. The lowest BCUT2D eigenvalue weighted by Gasteiger charge is -2.30. The molecule has 33 heteroatoms. The van der Waals surface area contributed by atoms with Crippen LogP contribution in [0.1, 0.15) is 260 Å². The molecule has 0 saturated heterocycles. The summed E-state index contributed by atoms with van der Waals surface area (Å²) in [5.74, 6) is 0.914. The van der Waals surface area contributed by atoms with Crippen molar-refractivity contribution >= 4 is 176 Å². The summed E-state index contributed by atoms with van der Waals surface area (Å²) in [5.41, 5.74) is 16.7. The fourth-order valence-corrected chi connectivity index (χ4v) is 17.9. The Morgan fingerprint density at radius 2 is 0.625 bits per heavy atom. The smallest absolute Gasteiger partial charge is 0.460 e. The topological polar surface area (TPSA) is 358 Å². The van der Waals surface area contributed by atoms with Gasteiger partial charge >= 0.3 is 42.4 Å². The van der Waals surface area contributed by atoms with Gasteiger partial charge in [0.25, 0.3) is 0 Å². The van der Waals surface area contributed by atoms with Crippen LogP contribution in [-0.4, -0.2) is 144 Å². The minimum absolute atomic E-state index is 0. The van der Waals surface area contributed by atoms with Crippen molar-refractivity contribution in [2.45, 2.75) is 316 Å². The quantitative estimate of drug-likeness (QED) is 0.00902. The third kappa shape index (κ3) is 47.0. The first-order chi connectivity index (χ1) is 64.0. The van der Waals surface area contributed by atoms with Crippen LogP contribution in [-0.2, 0) is 71.5 Å². The number of para-hydroxylation sites is 6. The van der Waals surface area contributed by atoms with Crippen LogP contribution in [0.2, 0.25) is 30.1 Å². The van der Waals surface area contributed by atoms with Crippen LogP contribution in [0, 0.1) is 29.6 Å². The van der Waals surface area contributed by atoms with Gasteiger partial charge in [-0.3, -0.25) is 14.4 Å². The van der Waals surface area contributed by atoms with E-state index in [1.54, 1.807) is 96.1 Å². The highest BCUT2D eigenvalue weighted by atomic mass is 35.5. The van der Waals surface area contributed by atoms with Crippen LogP contribution in [0.15, 0.2) is 127 Å². The van der Waals surface area contributed by atoms with Crippen molar-refractivity contribution in [1.82, 2.24) is 16.0 Å². The van der Waals surface area contributed by atoms with Crippen LogP contribution in [0.4, 0.5) is 53.3 Å². The number of nitrogens with two attached hydrogens (primary N) is 2. The monoisotopic (exact) mass is 2040 g/mol. The molecule has 25 nitrogen and oxygen atoms in total. The lowest BCUT2D eigenvalue weighted by atomic mass is 9.85. The molecule has 5 fully saturated rings. The number of amides is 2. The molecule has 5 aliphatic carbocycles. The van der Waals surface area contributed by atoms with Crippen molar-refractivity contribution in [3.63, 3.8) is 0 Å². The number of aliphatic hydroxyl groups is 2. The maximum absolute atomic E-state index is 13.0. The number of benzene rings is 6. The molecule has 0 heterocycles. The number of thiocarbonyl (C=S) groups is 1. The number of carbonyl (C=O) groups excluding carboxylic acids is 7. The van der Waals surface area contributed by atoms with Crippen LogP contribution < -0.4 is 43.4 Å². The first kappa shape index (κ1) is 119. The zero-order chi connectivity index (χ0) is 99.3. The summed E-state index contributed by atoms with van der Waals surface area (Å²) < 4.78 is 41.9. The fraction of sp³-hybridized carbons (Fsp3) is 0.573. The molecular formula is C103H147Cl7N8O17S. The molecular weight excluding hydrogens is 1900 g/mol. The van der Waals surface area contributed by atoms with E-state index in [1.807, 2.05) is 114 Å². The average Bonchev–Trinajstić information content (AvgIpc) is 0.836. The number of alkyl carbamates (subject to hydrolysis) is 2. The summed E-state index contributed by atoms with van der Waals surface area (Å²) in [5, 5.41) is 40.6. The maximum Gasteiger partial charge on any atom is 0.519 e. The Hall–Kier alpha value is -7.83. The van der Waals surface area contributed by atoms with Gasteiger partial charge in [-0.25, -0.2) is 19.2 Å². The second-order valence-electron chi connectivity index (χ2n) is 38.7. The van der Waals surface area contributed by atoms with Crippen molar-refractivity contribution in [3.8, 4) is 0 Å². The van der Waals surface area contributed by atoms with Gasteiger partial charge in [-0.1, -0.05) is 251 Å². The first-order valence-corrected chi connectivity index (χ1v) is 50.2. The summed E-state index contributed by atoms with van der Waals surface area (Å²) in [7, 11) is 0. The van der Waals surface area contributed by atoms with Crippen molar-refractivity contribution in [2.24, 2.45) is 41.1 Å². The number of carbonyl (C=O) groups is 7. The molecule has 11 rings (SSSR count). The average molecular weight is 2050 g/mol. The van der Waals surface area contributed by atoms with Crippen molar-refractivity contribution < 1.29 is 81.7 Å². The number of hydrogen-bond acceptors (Lipinski definition) is 23.